The molecule has 16 heavy (non-hydrogen) atoms. The predicted molar refractivity (Wildman–Crippen MR) is 58.6 cm³/mol. The van der Waals surface area contributed by atoms with Gasteiger partial charge in [-0.2, -0.15) is 0 Å². The van der Waals surface area contributed by atoms with Crippen molar-refractivity contribution in [2.75, 3.05) is 7.11 Å². The highest BCUT2D eigenvalue weighted by molar-refractivity contribution is 6.02. The number of ether oxygens (including phenoxy) is 1. The molecule has 0 N–H and O–H groups in total. The van der Waals surface area contributed by atoms with Crippen molar-refractivity contribution in [3.05, 3.63) is 45.8 Å². The van der Waals surface area contributed by atoms with Crippen molar-refractivity contribution in [2.24, 2.45) is 0 Å². The molecule has 1 aromatic carbocycles. The van der Waals surface area contributed by atoms with Crippen molar-refractivity contribution >= 4 is 16.9 Å². The van der Waals surface area contributed by atoms with Gasteiger partial charge >= 0.3 is 11.6 Å². The summed E-state index contributed by atoms with van der Waals surface area (Å²) in [6, 6.07) is 6.55. The van der Waals surface area contributed by atoms with Crippen LogP contribution in [0.2, 0.25) is 0 Å². The first kappa shape index (κ1) is 10.4. The number of benzene rings is 1. The maximum Gasteiger partial charge on any atom is 0.339 e. The number of hydrogen-bond acceptors (Lipinski definition) is 4. The molecule has 82 valence electrons. The van der Waals surface area contributed by atoms with Gasteiger partial charge in [0.1, 0.15) is 5.58 Å². The standard InChI is InChI=1S/C12H10O4/c1-7-6-9-8(12(14)15-2)4-3-5-10(9)16-11(7)13/h3-6H,1-2H3. The molecule has 0 saturated heterocycles. The second-order valence-electron chi connectivity index (χ2n) is 3.43. The number of carbonyl (C=O) groups excluding carboxylic acids is 1. The topological polar surface area (TPSA) is 56.5 Å². The first-order valence-corrected chi connectivity index (χ1v) is 4.75. The van der Waals surface area contributed by atoms with E-state index >= 15 is 0 Å². The first-order chi connectivity index (χ1) is 7.63. The Kier molecular flexibility index (Phi) is 2.48. The van der Waals surface area contributed by atoms with Gasteiger partial charge in [0.05, 0.1) is 12.7 Å². The van der Waals surface area contributed by atoms with Crippen molar-refractivity contribution in [2.45, 2.75) is 6.92 Å². The molecule has 1 aromatic heterocycles. The van der Waals surface area contributed by atoms with Crippen LogP contribution in [0.3, 0.4) is 0 Å². The van der Waals surface area contributed by atoms with Gasteiger partial charge in [0.25, 0.3) is 0 Å². The quantitative estimate of drug-likeness (QED) is 0.541. The highest BCUT2D eigenvalue weighted by Gasteiger charge is 2.12. The van der Waals surface area contributed by atoms with Crippen LogP contribution in [0.5, 0.6) is 0 Å². The number of carbonyl (C=O) groups is 1. The zero-order valence-electron chi connectivity index (χ0n) is 8.94. The molecule has 1 heterocycles. The zero-order chi connectivity index (χ0) is 11.7. The van der Waals surface area contributed by atoms with Gasteiger partial charge in [0, 0.05) is 10.9 Å². The number of hydrogen-bond donors (Lipinski definition) is 0. The Labute approximate surface area is 91.4 Å². The molecule has 0 spiro atoms. The fourth-order valence-corrected chi connectivity index (χ4v) is 1.53. The highest BCUT2D eigenvalue weighted by atomic mass is 16.5. The molecule has 0 unspecified atom stereocenters. The molecule has 0 fully saturated rings. The number of aryl methyl sites for hydroxylation is 1. The lowest BCUT2D eigenvalue weighted by atomic mass is 10.1. The molecule has 2 aromatic rings. The number of methoxy groups -OCH3 is 1. The van der Waals surface area contributed by atoms with Crippen LogP contribution in [0, 0.1) is 6.92 Å². The zero-order valence-corrected chi connectivity index (χ0v) is 8.94. The lowest BCUT2D eigenvalue weighted by Crippen LogP contribution is -2.06. The molecule has 0 aliphatic carbocycles. The summed E-state index contributed by atoms with van der Waals surface area (Å²) in [6.07, 6.45) is 0. The summed E-state index contributed by atoms with van der Waals surface area (Å²) in [7, 11) is 1.31. The summed E-state index contributed by atoms with van der Waals surface area (Å²) in [5, 5.41) is 0.589. The monoisotopic (exact) mass is 218 g/mol. The molecule has 0 bridgehead atoms. The van der Waals surface area contributed by atoms with E-state index in [2.05, 4.69) is 4.74 Å². The van der Waals surface area contributed by atoms with Crippen LogP contribution >= 0.6 is 0 Å². The van der Waals surface area contributed by atoms with E-state index in [1.807, 2.05) is 0 Å². The van der Waals surface area contributed by atoms with E-state index < -0.39 is 11.6 Å². The Bertz CT molecular complexity index is 610. The number of fused-ring (bicyclic) bond motifs is 1. The Balaban J connectivity index is 2.82. The van der Waals surface area contributed by atoms with Crippen molar-refractivity contribution in [3.63, 3.8) is 0 Å². The van der Waals surface area contributed by atoms with Gasteiger partial charge < -0.3 is 9.15 Å². The minimum Gasteiger partial charge on any atom is -0.465 e. The number of esters is 1. The van der Waals surface area contributed by atoms with Crippen molar-refractivity contribution in [3.8, 4) is 0 Å². The summed E-state index contributed by atoms with van der Waals surface area (Å²) in [4.78, 5) is 22.8. The second kappa shape index (κ2) is 3.81. The highest BCUT2D eigenvalue weighted by Crippen LogP contribution is 2.18. The van der Waals surface area contributed by atoms with Gasteiger partial charge in [0.15, 0.2) is 0 Å². The fourth-order valence-electron chi connectivity index (χ4n) is 1.53. The largest absolute Gasteiger partial charge is 0.465 e. The molecule has 4 heteroatoms. The SMILES string of the molecule is COC(=O)c1cccc2oc(=O)c(C)cc12. The third-order valence-corrected chi connectivity index (χ3v) is 2.36. The molecule has 0 saturated carbocycles. The molecule has 0 aliphatic rings. The van der Waals surface area contributed by atoms with E-state index in [-0.39, 0.29) is 0 Å². The van der Waals surface area contributed by atoms with E-state index in [0.717, 1.165) is 0 Å². The number of rotatable bonds is 1. The van der Waals surface area contributed by atoms with Crippen LogP contribution in [-0.2, 0) is 4.74 Å². The summed E-state index contributed by atoms with van der Waals surface area (Å²) in [5.74, 6) is -0.446. The molecule has 2 rings (SSSR count). The Morgan fingerprint density at radius 2 is 2.12 bits per heavy atom. The lowest BCUT2D eigenvalue weighted by molar-refractivity contribution is 0.0603. The van der Waals surface area contributed by atoms with E-state index in [1.165, 1.54) is 7.11 Å². The molecule has 0 atom stereocenters. The van der Waals surface area contributed by atoms with Crippen LogP contribution in [0.4, 0.5) is 0 Å². The van der Waals surface area contributed by atoms with Gasteiger partial charge in [-0.3, -0.25) is 0 Å². The molecular formula is C12H10O4. The summed E-state index contributed by atoms with van der Waals surface area (Å²) < 4.78 is 9.72. The lowest BCUT2D eigenvalue weighted by Gasteiger charge is -2.03. The minimum atomic E-state index is -0.446. The van der Waals surface area contributed by atoms with Crippen LogP contribution in [0.25, 0.3) is 11.0 Å². The maximum atomic E-state index is 11.5. The molecular weight excluding hydrogens is 208 g/mol. The smallest absolute Gasteiger partial charge is 0.339 e. The predicted octanol–water partition coefficient (Wildman–Crippen LogP) is 1.89. The summed E-state index contributed by atoms with van der Waals surface area (Å²) in [6.45, 7) is 1.64. The molecule has 0 amide bonds. The maximum absolute atomic E-state index is 11.5. The normalized spacial score (nSPS) is 10.4. The molecule has 4 nitrogen and oxygen atoms in total. The summed E-state index contributed by atoms with van der Waals surface area (Å²) >= 11 is 0. The van der Waals surface area contributed by atoms with Crippen LogP contribution in [0.15, 0.2) is 33.5 Å². The third kappa shape index (κ3) is 1.58. The first-order valence-electron chi connectivity index (χ1n) is 4.75. The van der Waals surface area contributed by atoms with Crippen molar-refractivity contribution in [1.82, 2.24) is 0 Å². The van der Waals surface area contributed by atoms with E-state index in [0.29, 0.717) is 22.1 Å². The van der Waals surface area contributed by atoms with Gasteiger partial charge in [-0.25, -0.2) is 9.59 Å². The van der Waals surface area contributed by atoms with Crippen LogP contribution in [0.1, 0.15) is 15.9 Å². The Morgan fingerprint density at radius 1 is 1.38 bits per heavy atom. The average Bonchev–Trinajstić information content (AvgIpc) is 2.29. The third-order valence-electron chi connectivity index (χ3n) is 2.36. The van der Waals surface area contributed by atoms with Gasteiger partial charge in [-0.15, -0.1) is 0 Å². The van der Waals surface area contributed by atoms with Gasteiger partial charge in [0.2, 0.25) is 0 Å². The molecule has 0 radical (unpaired) electrons. The summed E-state index contributed by atoms with van der Waals surface area (Å²) in [5.41, 5.74) is 0.851. The van der Waals surface area contributed by atoms with Gasteiger partial charge in [-0.1, -0.05) is 6.07 Å². The fraction of sp³-hybridized carbons (Fsp3) is 0.167. The Hall–Kier alpha value is -2.10. The van der Waals surface area contributed by atoms with Crippen molar-refractivity contribution < 1.29 is 13.9 Å². The minimum absolute atomic E-state index is 0.388. The van der Waals surface area contributed by atoms with E-state index in [1.54, 1.807) is 31.2 Å². The van der Waals surface area contributed by atoms with Crippen LogP contribution < -0.4 is 5.63 Å². The van der Waals surface area contributed by atoms with Crippen LogP contribution in [-0.4, -0.2) is 13.1 Å². The van der Waals surface area contributed by atoms with Gasteiger partial charge in [-0.05, 0) is 25.1 Å². The Morgan fingerprint density at radius 3 is 2.81 bits per heavy atom. The average molecular weight is 218 g/mol. The van der Waals surface area contributed by atoms with E-state index in [4.69, 9.17) is 4.42 Å². The second-order valence-corrected chi connectivity index (χ2v) is 3.43. The molecule has 0 aliphatic heterocycles. The van der Waals surface area contributed by atoms with E-state index in [9.17, 15) is 9.59 Å². The van der Waals surface area contributed by atoms with Crippen molar-refractivity contribution in [1.29, 1.82) is 0 Å².